The van der Waals surface area contributed by atoms with E-state index in [0.29, 0.717) is 22.2 Å². The van der Waals surface area contributed by atoms with Gasteiger partial charge in [-0.25, -0.2) is 0 Å². The minimum atomic E-state index is -2.41. The normalized spacial score (nSPS) is 15.8. The van der Waals surface area contributed by atoms with E-state index in [1.165, 1.54) is 0 Å². The Labute approximate surface area is 225 Å². The lowest BCUT2D eigenvalue weighted by Crippen LogP contribution is -2.84. The highest BCUT2D eigenvalue weighted by Crippen LogP contribution is 2.52. The van der Waals surface area contributed by atoms with E-state index >= 15 is 0 Å². The van der Waals surface area contributed by atoms with E-state index in [2.05, 4.69) is 159 Å². The summed E-state index contributed by atoms with van der Waals surface area (Å²) in [5.74, 6) is 0. The van der Waals surface area contributed by atoms with E-state index in [-0.39, 0.29) is 20.2 Å². The maximum atomic E-state index is 4.22. The van der Waals surface area contributed by atoms with Gasteiger partial charge in [-0.05, 0) is 42.3 Å². The zero-order valence-electron chi connectivity index (χ0n) is 27.8. The van der Waals surface area contributed by atoms with Crippen LogP contribution in [-0.2, 0) is 0 Å². The van der Waals surface area contributed by atoms with Crippen molar-refractivity contribution in [1.29, 1.82) is 0 Å². The van der Waals surface area contributed by atoms with Crippen LogP contribution in [0, 0.1) is 0 Å². The van der Waals surface area contributed by atoms with E-state index in [0.717, 1.165) is 0 Å². The summed E-state index contributed by atoms with van der Waals surface area (Å²) >= 11 is 0. The predicted molar refractivity (Wildman–Crippen MR) is 169 cm³/mol. The van der Waals surface area contributed by atoms with E-state index in [1.54, 1.807) is 0 Å². The Hall–Kier alpha value is 0.491. The fraction of sp³-hybridized carbons (Fsp3) is 1.00. The zero-order valence-corrected chi connectivity index (χ0v) is 30.8. The first kappa shape index (κ1) is 35.5. The van der Waals surface area contributed by atoms with E-state index in [9.17, 15) is 0 Å². The van der Waals surface area contributed by atoms with Gasteiger partial charge < -0.3 is 0 Å². The van der Waals surface area contributed by atoms with Gasteiger partial charge in [0.1, 0.15) is 0 Å². The molecule has 0 spiro atoms. The average Bonchev–Trinajstić information content (AvgIpc) is 2.54. The summed E-state index contributed by atoms with van der Waals surface area (Å²) in [5.41, 5.74) is 2.46. The lowest BCUT2D eigenvalue weighted by molar-refractivity contribution is 0.502. The van der Waals surface area contributed by atoms with Crippen molar-refractivity contribution in [2.24, 2.45) is 0 Å². The first-order chi connectivity index (χ1) is 15.2. The van der Waals surface area contributed by atoms with Crippen molar-refractivity contribution in [2.75, 3.05) is 0 Å². The van der Waals surface area contributed by atoms with Gasteiger partial charge in [-0.1, -0.05) is 138 Å². The van der Waals surface area contributed by atoms with Crippen LogP contribution in [0.2, 0.25) is 42.3 Å². The van der Waals surface area contributed by atoms with Crippen LogP contribution in [0.5, 0.6) is 0 Å². The summed E-state index contributed by atoms with van der Waals surface area (Å²) in [4.78, 5) is 0. The molecule has 0 bridgehead atoms. The highest BCUT2D eigenvalue weighted by Gasteiger charge is 2.59. The molecule has 0 fully saturated rings. The van der Waals surface area contributed by atoms with Gasteiger partial charge in [0.05, 0.1) is 0 Å². The second-order valence-corrected chi connectivity index (χ2v) is 33.2. The molecule has 0 radical (unpaired) electrons. The maximum Gasteiger partial charge on any atom is 0.238 e. The first-order valence-corrected chi connectivity index (χ1v) is 20.6. The predicted octanol–water partition coefficient (Wildman–Crippen LogP) is 9.35. The van der Waals surface area contributed by atoms with Crippen LogP contribution in [-0.4, -0.2) is 24.9 Å². The minimum Gasteiger partial charge on any atom is -0.282 e. The Kier molecular flexibility index (Phi) is 11.5. The van der Waals surface area contributed by atoms with Crippen LogP contribution in [0.1, 0.15) is 138 Å². The van der Waals surface area contributed by atoms with Gasteiger partial charge in [-0.15, -0.1) is 0 Å². The van der Waals surface area contributed by atoms with Crippen molar-refractivity contribution in [3.05, 3.63) is 0 Å². The molecule has 0 aromatic heterocycles. The molecular weight excluding hydrogens is 477 g/mol. The summed E-state index contributed by atoms with van der Waals surface area (Å²) in [6.45, 7) is 48.8. The number of nitrogens with one attached hydrogen (secondary N) is 4. The van der Waals surface area contributed by atoms with Crippen molar-refractivity contribution in [3.8, 4) is 0 Å². The molecular formula is C28H68N4Si3. The monoisotopic (exact) mass is 544 g/mol. The van der Waals surface area contributed by atoms with Gasteiger partial charge >= 0.3 is 0 Å². The Morgan fingerprint density at radius 2 is 0.543 bits per heavy atom. The molecule has 0 saturated heterocycles. The largest absolute Gasteiger partial charge is 0.282 e. The fourth-order valence-electron chi connectivity index (χ4n) is 8.05. The molecule has 4 N–H and O–H groups in total. The summed E-state index contributed by atoms with van der Waals surface area (Å²) < 4.78 is 0. The standard InChI is InChI=1S/C28H68N4Si3/c1-21(2)33(22(3)4,25(9,10)11)29-31-35(27(15,16)17,28(18,19)20)32-30-34(23(5)6,24(7)8)26(12,13)14/h21-24,29-32H,1-20H3. The highest BCUT2D eigenvalue weighted by atomic mass is 28.4. The third-order valence-corrected chi connectivity index (χ3v) is 28.6. The maximum absolute atomic E-state index is 4.22. The van der Waals surface area contributed by atoms with Crippen molar-refractivity contribution in [1.82, 2.24) is 20.4 Å². The molecule has 0 unspecified atom stereocenters. The van der Waals surface area contributed by atoms with Gasteiger partial charge in [0.25, 0.3) is 0 Å². The summed E-state index contributed by atoms with van der Waals surface area (Å²) in [6, 6.07) is 0. The molecule has 0 aliphatic rings. The topological polar surface area (TPSA) is 48.1 Å². The second-order valence-electron chi connectivity index (χ2n) is 16.6. The summed E-state index contributed by atoms with van der Waals surface area (Å²) in [7, 11) is -6.33. The Morgan fingerprint density at radius 1 is 0.343 bits per heavy atom. The van der Waals surface area contributed by atoms with Crippen LogP contribution in [0.15, 0.2) is 0 Å². The van der Waals surface area contributed by atoms with Gasteiger partial charge in [0.2, 0.25) is 8.40 Å². The van der Waals surface area contributed by atoms with E-state index < -0.39 is 24.9 Å². The first-order valence-electron chi connectivity index (χ1n) is 14.3. The number of hydrogen-bond donors (Lipinski definition) is 4. The summed E-state index contributed by atoms with van der Waals surface area (Å²) in [5, 5.41) is 17.5. The van der Waals surface area contributed by atoms with Crippen molar-refractivity contribution in [3.63, 3.8) is 0 Å². The van der Waals surface area contributed by atoms with E-state index in [1.807, 2.05) is 0 Å². The van der Waals surface area contributed by atoms with Crippen molar-refractivity contribution >= 4 is 24.9 Å². The highest BCUT2D eigenvalue weighted by molar-refractivity contribution is 6.87. The van der Waals surface area contributed by atoms with Crippen LogP contribution >= 0.6 is 0 Å². The van der Waals surface area contributed by atoms with Crippen LogP contribution in [0.25, 0.3) is 0 Å². The van der Waals surface area contributed by atoms with E-state index in [4.69, 9.17) is 0 Å². The smallest absolute Gasteiger partial charge is 0.238 e. The molecule has 0 heterocycles. The molecule has 212 valence electrons. The Bertz CT molecular complexity index is 586. The number of rotatable bonds is 10. The molecule has 0 amide bonds. The molecule has 0 aromatic carbocycles. The molecule has 35 heavy (non-hydrogen) atoms. The molecule has 0 aliphatic heterocycles. The SMILES string of the molecule is CC(C)[Si](NN[Si](NN[Si](C(C)C)(C(C)C)C(C)(C)C)(C(C)(C)C)C(C)(C)C)(C(C)C)C(C)(C)C. The van der Waals surface area contributed by atoms with Crippen molar-refractivity contribution in [2.45, 2.75) is 181 Å². The quantitative estimate of drug-likeness (QED) is 0.163. The third kappa shape index (κ3) is 6.56. The molecule has 0 aromatic rings. The van der Waals surface area contributed by atoms with Crippen LogP contribution < -0.4 is 20.4 Å². The minimum absolute atomic E-state index is 0.0726. The fourth-order valence-corrected chi connectivity index (χ4v) is 26.5. The van der Waals surface area contributed by atoms with Crippen LogP contribution in [0.3, 0.4) is 0 Å². The molecule has 4 nitrogen and oxygen atoms in total. The third-order valence-electron chi connectivity index (χ3n) is 9.29. The number of hydrazine groups is 2. The lowest BCUT2D eigenvalue weighted by atomic mass is 10.2. The second kappa shape index (κ2) is 11.3. The van der Waals surface area contributed by atoms with Crippen molar-refractivity contribution < 1.29 is 0 Å². The average molecular weight is 545 g/mol. The summed E-state index contributed by atoms with van der Waals surface area (Å²) in [6.07, 6.45) is 0. The number of hydrogen-bond acceptors (Lipinski definition) is 4. The molecule has 0 rings (SSSR count). The van der Waals surface area contributed by atoms with Gasteiger partial charge in [-0.2, -0.15) is 0 Å². The zero-order chi connectivity index (χ0) is 28.6. The van der Waals surface area contributed by atoms with Crippen LogP contribution in [0.4, 0.5) is 0 Å². The Balaban J connectivity index is 6.92. The lowest BCUT2D eigenvalue weighted by Gasteiger charge is -2.58. The molecule has 0 saturated carbocycles. The molecule has 7 heteroatoms. The van der Waals surface area contributed by atoms with Gasteiger partial charge in [0.15, 0.2) is 16.5 Å². The molecule has 0 aliphatic carbocycles. The molecule has 0 atom stereocenters. The Morgan fingerprint density at radius 3 is 0.657 bits per heavy atom. The van der Waals surface area contributed by atoms with Gasteiger partial charge in [-0.3, -0.25) is 20.4 Å². The van der Waals surface area contributed by atoms with Gasteiger partial charge in [0, 0.05) is 0 Å².